The predicted molar refractivity (Wildman–Crippen MR) is 69.8 cm³/mol. The first-order chi connectivity index (χ1) is 9.75. The Morgan fingerprint density at radius 2 is 2.10 bits per heavy atom. The number of aryl methyl sites for hydroxylation is 1. The number of hydrogen-bond donors (Lipinski definition) is 1. The minimum atomic E-state index is -3.10. The van der Waals surface area contributed by atoms with E-state index in [9.17, 15) is 13.6 Å². The molecule has 1 heterocycles. The van der Waals surface area contributed by atoms with E-state index in [-0.39, 0.29) is 28.3 Å². The lowest BCUT2D eigenvalue weighted by atomic mass is 9.97. The molecule has 112 valence electrons. The van der Waals surface area contributed by atoms with E-state index in [0.717, 1.165) is 6.92 Å². The van der Waals surface area contributed by atoms with Gasteiger partial charge in [-0.05, 0) is 18.6 Å². The van der Waals surface area contributed by atoms with Gasteiger partial charge in [-0.3, -0.25) is 0 Å². The van der Waals surface area contributed by atoms with Crippen molar-refractivity contribution in [3.05, 3.63) is 35.1 Å². The zero-order valence-corrected chi connectivity index (χ0v) is 11.6. The van der Waals surface area contributed by atoms with E-state index >= 15 is 0 Å². The van der Waals surface area contributed by atoms with Crippen LogP contribution in [0.4, 0.5) is 8.78 Å². The summed E-state index contributed by atoms with van der Waals surface area (Å²) in [5.74, 6) is -4.82. The van der Waals surface area contributed by atoms with Gasteiger partial charge in [0.25, 0.3) is 5.92 Å². The van der Waals surface area contributed by atoms with Crippen molar-refractivity contribution in [1.29, 1.82) is 0 Å². The lowest BCUT2D eigenvalue weighted by molar-refractivity contribution is 0.0151. The van der Waals surface area contributed by atoms with Gasteiger partial charge in [-0.1, -0.05) is 11.2 Å². The highest BCUT2D eigenvalue weighted by Gasteiger charge is 2.31. The number of carbonyl (C=O) groups is 1. The van der Waals surface area contributed by atoms with Crippen molar-refractivity contribution in [3.63, 3.8) is 0 Å². The Kier molecular flexibility index (Phi) is 3.67. The van der Waals surface area contributed by atoms with Gasteiger partial charge in [-0.2, -0.15) is 0 Å². The van der Waals surface area contributed by atoms with Gasteiger partial charge in [0.15, 0.2) is 0 Å². The van der Waals surface area contributed by atoms with Crippen molar-refractivity contribution in [1.82, 2.24) is 5.16 Å². The second-order valence-corrected chi connectivity index (χ2v) is 4.61. The molecule has 0 aliphatic heterocycles. The van der Waals surface area contributed by atoms with E-state index in [1.165, 1.54) is 25.3 Å². The van der Waals surface area contributed by atoms with Gasteiger partial charge >= 0.3 is 5.97 Å². The standard InChI is InChI=1S/C14H13F2NO4/c1-7-4-5-8(14(2,15)16)12(20-3)11(7)9-6-10(13(18)19)21-17-9/h4-6H,1-3H3,(H,18,19). The van der Waals surface area contributed by atoms with E-state index in [2.05, 4.69) is 9.68 Å². The molecule has 2 rings (SSSR count). The molecule has 0 radical (unpaired) electrons. The van der Waals surface area contributed by atoms with E-state index < -0.39 is 11.9 Å². The second-order valence-electron chi connectivity index (χ2n) is 4.61. The van der Waals surface area contributed by atoms with Gasteiger partial charge in [0.05, 0.1) is 12.7 Å². The third-order valence-electron chi connectivity index (χ3n) is 3.02. The van der Waals surface area contributed by atoms with E-state index in [4.69, 9.17) is 9.84 Å². The van der Waals surface area contributed by atoms with E-state index in [1.54, 1.807) is 6.92 Å². The Hall–Kier alpha value is -2.44. The van der Waals surface area contributed by atoms with Crippen LogP contribution in [0.2, 0.25) is 0 Å². The Morgan fingerprint density at radius 3 is 2.57 bits per heavy atom. The average Bonchev–Trinajstić information content (AvgIpc) is 2.86. The molecule has 2 aromatic rings. The molecule has 0 saturated carbocycles. The highest BCUT2D eigenvalue weighted by atomic mass is 19.3. The Morgan fingerprint density at radius 1 is 1.43 bits per heavy atom. The number of methoxy groups -OCH3 is 1. The minimum absolute atomic E-state index is 0.0484. The van der Waals surface area contributed by atoms with Crippen LogP contribution in [0, 0.1) is 6.92 Å². The molecule has 1 aromatic carbocycles. The summed E-state index contributed by atoms with van der Waals surface area (Å²) in [7, 11) is 1.27. The van der Waals surface area contributed by atoms with Crippen molar-refractivity contribution in [2.24, 2.45) is 0 Å². The zero-order chi connectivity index (χ0) is 15.8. The summed E-state index contributed by atoms with van der Waals surface area (Å²) in [5.41, 5.74) is 0.733. The molecule has 0 saturated heterocycles. The number of halogens is 2. The smallest absolute Gasteiger partial charge is 0.374 e. The fourth-order valence-corrected chi connectivity index (χ4v) is 2.05. The molecular weight excluding hydrogens is 284 g/mol. The van der Waals surface area contributed by atoms with Crippen LogP contribution in [0.15, 0.2) is 22.7 Å². The molecule has 0 amide bonds. The van der Waals surface area contributed by atoms with Gasteiger partial charge in [-0.15, -0.1) is 0 Å². The van der Waals surface area contributed by atoms with Crippen LogP contribution < -0.4 is 4.74 Å². The summed E-state index contributed by atoms with van der Waals surface area (Å²) in [5, 5.41) is 12.5. The predicted octanol–water partition coefficient (Wildman–Crippen LogP) is 3.47. The van der Waals surface area contributed by atoms with Crippen molar-refractivity contribution < 1.29 is 27.9 Å². The van der Waals surface area contributed by atoms with Gasteiger partial charge in [0, 0.05) is 18.6 Å². The maximum Gasteiger partial charge on any atom is 0.374 e. The number of nitrogens with zero attached hydrogens (tertiary/aromatic N) is 1. The molecule has 1 N–H and O–H groups in total. The van der Waals surface area contributed by atoms with Crippen LogP contribution in [0.3, 0.4) is 0 Å². The lowest BCUT2D eigenvalue weighted by Gasteiger charge is -2.18. The lowest BCUT2D eigenvalue weighted by Crippen LogP contribution is -2.10. The highest BCUT2D eigenvalue weighted by molar-refractivity contribution is 5.86. The van der Waals surface area contributed by atoms with Crippen LogP contribution in [0.25, 0.3) is 11.3 Å². The summed E-state index contributed by atoms with van der Waals surface area (Å²) in [4.78, 5) is 10.8. The Balaban J connectivity index is 2.69. The summed E-state index contributed by atoms with van der Waals surface area (Å²) in [6.07, 6.45) is 0. The summed E-state index contributed by atoms with van der Waals surface area (Å²) < 4.78 is 37.1. The molecule has 5 nitrogen and oxygen atoms in total. The molecule has 0 fully saturated rings. The third kappa shape index (κ3) is 2.72. The molecule has 0 spiro atoms. The molecule has 0 aliphatic rings. The normalized spacial score (nSPS) is 11.5. The number of hydrogen-bond acceptors (Lipinski definition) is 4. The van der Waals surface area contributed by atoms with Gasteiger partial charge in [-0.25, -0.2) is 13.6 Å². The van der Waals surface area contributed by atoms with E-state index in [1.807, 2.05) is 0 Å². The maximum atomic E-state index is 13.6. The number of rotatable bonds is 4. The fraction of sp³-hybridized carbons (Fsp3) is 0.286. The van der Waals surface area contributed by atoms with Crippen molar-refractivity contribution >= 4 is 5.97 Å². The second kappa shape index (κ2) is 5.16. The third-order valence-corrected chi connectivity index (χ3v) is 3.02. The van der Waals surface area contributed by atoms with Gasteiger partial charge in [0.1, 0.15) is 11.4 Å². The number of alkyl halides is 2. The molecule has 0 bridgehead atoms. The number of aromatic nitrogens is 1. The van der Waals surface area contributed by atoms with Crippen molar-refractivity contribution in [2.75, 3.05) is 7.11 Å². The number of carboxylic acid groups (broad SMARTS) is 1. The number of carboxylic acids is 1. The van der Waals surface area contributed by atoms with Crippen LogP contribution in [0.5, 0.6) is 5.75 Å². The van der Waals surface area contributed by atoms with E-state index in [0.29, 0.717) is 5.56 Å². The fourth-order valence-electron chi connectivity index (χ4n) is 2.05. The van der Waals surface area contributed by atoms with Crippen molar-refractivity contribution in [3.8, 4) is 17.0 Å². The van der Waals surface area contributed by atoms with Crippen LogP contribution in [-0.2, 0) is 5.92 Å². The first kappa shape index (κ1) is 15.0. The SMILES string of the molecule is COc1c(C(C)(F)F)ccc(C)c1-c1cc(C(=O)O)on1. The largest absolute Gasteiger partial charge is 0.496 e. The van der Waals surface area contributed by atoms with Crippen LogP contribution in [0.1, 0.15) is 28.6 Å². The molecule has 0 atom stereocenters. The van der Waals surface area contributed by atoms with Crippen LogP contribution >= 0.6 is 0 Å². The summed E-state index contributed by atoms with van der Waals surface area (Å²) in [6, 6.07) is 3.94. The average molecular weight is 297 g/mol. The molecule has 7 heteroatoms. The molecule has 21 heavy (non-hydrogen) atoms. The highest BCUT2D eigenvalue weighted by Crippen LogP contribution is 2.42. The number of benzene rings is 1. The van der Waals surface area contributed by atoms with Gasteiger partial charge < -0.3 is 14.4 Å². The quantitative estimate of drug-likeness (QED) is 0.935. The zero-order valence-electron chi connectivity index (χ0n) is 11.6. The van der Waals surface area contributed by atoms with Crippen molar-refractivity contribution in [2.45, 2.75) is 19.8 Å². The number of aromatic carboxylic acids is 1. The monoisotopic (exact) mass is 297 g/mol. The Bertz CT molecular complexity index is 689. The summed E-state index contributed by atoms with van der Waals surface area (Å²) in [6.45, 7) is 2.44. The first-order valence-corrected chi connectivity index (χ1v) is 6.02. The number of ether oxygens (including phenoxy) is 1. The van der Waals surface area contributed by atoms with Gasteiger partial charge in [0.2, 0.25) is 5.76 Å². The molecule has 0 unspecified atom stereocenters. The minimum Gasteiger partial charge on any atom is -0.496 e. The first-order valence-electron chi connectivity index (χ1n) is 6.02. The summed E-state index contributed by atoms with van der Waals surface area (Å²) >= 11 is 0. The molecule has 0 aliphatic carbocycles. The Labute approximate surface area is 119 Å². The topological polar surface area (TPSA) is 72.6 Å². The molecular formula is C14H13F2NO4. The maximum absolute atomic E-state index is 13.6. The van der Waals surface area contributed by atoms with Crippen LogP contribution in [-0.4, -0.2) is 23.3 Å². The molecule has 1 aromatic heterocycles.